The third kappa shape index (κ3) is 7.37. The number of hydrogen-bond donors (Lipinski definition) is 2. The number of rotatable bonds is 9. The Morgan fingerprint density at radius 1 is 0.818 bits per heavy atom. The molecule has 0 unspecified atom stereocenters. The molecule has 1 saturated heterocycles. The number of benzene rings is 2. The van der Waals surface area contributed by atoms with Crippen molar-refractivity contribution in [3.63, 3.8) is 0 Å². The lowest BCUT2D eigenvalue weighted by Gasteiger charge is -2.37. The molecule has 2 aromatic heterocycles. The molecule has 2 fully saturated rings. The molecule has 1 amide bonds. The fourth-order valence-electron chi connectivity index (χ4n) is 9.34. The number of ether oxygens (including phenoxy) is 1. The predicted octanol–water partition coefficient (Wildman–Crippen LogP) is 6.00. The van der Waals surface area contributed by atoms with Gasteiger partial charge in [0.1, 0.15) is 0 Å². The molecule has 4 aromatic rings. The molecule has 13 heteroatoms. The number of hydrogen-bond acceptors (Lipinski definition) is 8. The number of ketones is 1. The zero-order valence-corrected chi connectivity index (χ0v) is 32.7. The van der Waals surface area contributed by atoms with E-state index in [9.17, 15) is 19.5 Å². The van der Waals surface area contributed by atoms with Crippen molar-refractivity contribution in [1.82, 2.24) is 28.9 Å². The van der Waals surface area contributed by atoms with Gasteiger partial charge in [-0.15, -0.1) is 0 Å². The zero-order chi connectivity index (χ0) is 38.4. The SMILES string of the molecule is Cc1c(CC(=O)c2nc3c(n2C)CCN(C2CCOCC2)C3)cccc1-c1cccc(NC(=O)c2nc3c(n2C)CCN(C2CCC(C(=O)O)CC2)C3)c1Cl. The molecule has 3 aliphatic heterocycles. The summed E-state index contributed by atoms with van der Waals surface area (Å²) in [5.41, 5.74) is 8.08. The lowest BCUT2D eigenvalue weighted by atomic mass is 9.85. The molecule has 0 atom stereocenters. The first kappa shape index (κ1) is 37.6. The van der Waals surface area contributed by atoms with Crippen LogP contribution in [-0.4, -0.2) is 90.1 Å². The zero-order valence-electron chi connectivity index (χ0n) is 31.9. The van der Waals surface area contributed by atoms with Crippen LogP contribution in [0.15, 0.2) is 36.4 Å². The monoisotopic (exact) mass is 767 g/mol. The Morgan fingerprint density at radius 3 is 2.05 bits per heavy atom. The Labute approximate surface area is 326 Å². The van der Waals surface area contributed by atoms with Crippen LogP contribution in [0, 0.1) is 12.8 Å². The van der Waals surface area contributed by atoms with Gasteiger partial charge < -0.3 is 24.3 Å². The summed E-state index contributed by atoms with van der Waals surface area (Å²) in [7, 11) is 3.84. The maximum absolute atomic E-state index is 13.8. The van der Waals surface area contributed by atoms with E-state index in [-0.39, 0.29) is 24.0 Å². The topological polar surface area (TPSA) is 135 Å². The molecule has 1 saturated carbocycles. The quantitative estimate of drug-likeness (QED) is 0.197. The number of halogens is 1. The van der Waals surface area contributed by atoms with Gasteiger partial charge in [0.15, 0.2) is 11.6 Å². The van der Waals surface area contributed by atoms with Crippen LogP contribution >= 0.6 is 11.6 Å². The number of aliphatic carboxylic acids is 1. The van der Waals surface area contributed by atoms with Gasteiger partial charge in [0, 0.05) is 102 Å². The number of carbonyl (C=O) groups is 3. The Bertz CT molecular complexity index is 2130. The van der Waals surface area contributed by atoms with E-state index < -0.39 is 5.97 Å². The van der Waals surface area contributed by atoms with Crippen molar-refractivity contribution in [2.24, 2.45) is 20.0 Å². The first-order valence-corrected chi connectivity index (χ1v) is 20.0. The minimum atomic E-state index is -0.696. The summed E-state index contributed by atoms with van der Waals surface area (Å²) < 4.78 is 9.44. The van der Waals surface area contributed by atoms with Crippen LogP contribution < -0.4 is 5.32 Å². The highest BCUT2D eigenvalue weighted by atomic mass is 35.5. The van der Waals surface area contributed by atoms with Crippen molar-refractivity contribution in [1.29, 1.82) is 0 Å². The maximum atomic E-state index is 13.8. The number of nitrogens with zero attached hydrogens (tertiary/aromatic N) is 6. The van der Waals surface area contributed by atoms with Crippen molar-refractivity contribution < 1.29 is 24.2 Å². The Hall–Kier alpha value is -4.36. The van der Waals surface area contributed by atoms with Crippen LogP contribution in [0.4, 0.5) is 5.69 Å². The highest BCUT2D eigenvalue weighted by molar-refractivity contribution is 6.36. The second-order valence-corrected chi connectivity index (χ2v) is 16.1. The second kappa shape index (κ2) is 15.6. The van der Waals surface area contributed by atoms with Crippen LogP contribution in [0.3, 0.4) is 0 Å². The van der Waals surface area contributed by atoms with Gasteiger partial charge in [-0.05, 0) is 68.2 Å². The van der Waals surface area contributed by atoms with Gasteiger partial charge in [-0.3, -0.25) is 24.2 Å². The first-order chi connectivity index (χ1) is 26.6. The van der Waals surface area contributed by atoms with E-state index in [2.05, 4.69) is 15.1 Å². The number of amides is 1. The van der Waals surface area contributed by atoms with Crippen LogP contribution in [-0.2, 0) is 56.0 Å². The van der Waals surface area contributed by atoms with Gasteiger partial charge in [0.05, 0.1) is 28.0 Å². The normalized spacial score (nSPS) is 20.9. The minimum absolute atomic E-state index is 0.0201. The third-order valence-electron chi connectivity index (χ3n) is 12.6. The van der Waals surface area contributed by atoms with Crippen LogP contribution in [0.5, 0.6) is 0 Å². The number of carbonyl (C=O) groups excluding carboxylic acids is 2. The highest BCUT2D eigenvalue weighted by Crippen LogP contribution is 2.37. The second-order valence-electron chi connectivity index (χ2n) is 15.7. The molecule has 0 bridgehead atoms. The van der Waals surface area contributed by atoms with E-state index in [1.165, 1.54) is 0 Å². The summed E-state index contributed by atoms with van der Waals surface area (Å²) in [6.07, 6.45) is 7.06. The number of imidazole rings is 2. The Morgan fingerprint density at radius 2 is 1.40 bits per heavy atom. The first-order valence-electron chi connectivity index (χ1n) is 19.7. The summed E-state index contributed by atoms with van der Waals surface area (Å²) in [6, 6.07) is 12.3. The number of anilines is 1. The van der Waals surface area contributed by atoms with Gasteiger partial charge in [-0.1, -0.05) is 41.9 Å². The van der Waals surface area contributed by atoms with Gasteiger partial charge in [-0.25, -0.2) is 9.97 Å². The van der Waals surface area contributed by atoms with Crippen molar-refractivity contribution in [2.45, 2.75) is 89.9 Å². The molecule has 1 aliphatic carbocycles. The summed E-state index contributed by atoms with van der Waals surface area (Å²) in [5.74, 6) is -0.480. The van der Waals surface area contributed by atoms with E-state index in [1.807, 2.05) is 60.5 Å². The van der Waals surface area contributed by atoms with E-state index in [4.69, 9.17) is 26.3 Å². The Balaban J connectivity index is 0.954. The van der Waals surface area contributed by atoms with Crippen molar-refractivity contribution in [3.8, 4) is 11.1 Å². The van der Waals surface area contributed by atoms with Crippen LogP contribution in [0.2, 0.25) is 5.02 Å². The lowest BCUT2D eigenvalue weighted by molar-refractivity contribution is -0.143. The van der Waals surface area contributed by atoms with E-state index in [0.29, 0.717) is 53.8 Å². The standard InChI is InChI=1S/C42H50ClN7O5/c1-25-27(22-37(51)39-44-33-23-50(19-14-35(33)47(39)2)29-16-20-55-21-17-29)6-4-7-30(25)31-8-5-9-32(38(31)43)46-41(52)40-45-34-24-49(18-15-36(34)48(40)3)28-12-10-26(11-13-28)42(53)54/h4-9,26,28-29H,10-24H2,1-3H3,(H,46,52)(H,53,54). The maximum Gasteiger partial charge on any atom is 0.306 e. The molecular weight excluding hydrogens is 718 g/mol. The molecule has 55 heavy (non-hydrogen) atoms. The average molecular weight is 768 g/mol. The summed E-state index contributed by atoms with van der Waals surface area (Å²) in [4.78, 5) is 53.6. The largest absolute Gasteiger partial charge is 0.481 e. The molecule has 2 aromatic carbocycles. The molecule has 0 spiro atoms. The van der Waals surface area contributed by atoms with E-state index in [1.54, 1.807) is 6.07 Å². The fourth-order valence-corrected chi connectivity index (χ4v) is 9.62. The molecule has 4 aliphatic rings. The lowest BCUT2D eigenvalue weighted by Crippen LogP contribution is -2.42. The van der Waals surface area contributed by atoms with Crippen molar-refractivity contribution in [3.05, 3.63) is 87.0 Å². The molecule has 290 valence electrons. The number of nitrogens with one attached hydrogen (secondary N) is 1. The summed E-state index contributed by atoms with van der Waals surface area (Å²) in [5, 5.41) is 12.8. The smallest absolute Gasteiger partial charge is 0.306 e. The molecule has 12 nitrogen and oxygen atoms in total. The number of carboxylic acids is 1. The Kier molecular flexibility index (Phi) is 10.7. The van der Waals surface area contributed by atoms with Crippen molar-refractivity contribution in [2.75, 3.05) is 31.6 Å². The fraction of sp³-hybridized carbons (Fsp3) is 0.500. The molecule has 5 heterocycles. The number of Topliss-reactive ketones (excluding diaryl/α,β-unsaturated/α-hetero) is 1. The summed E-state index contributed by atoms with van der Waals surface area (Å²) >= 11 is 7.05. The van der Waals surface area contributed by atoms with Gasteiger partial charge in [0.2, 0.25) is 5.78 Å². The van der Waals surface area contributed by atoms with Crippen LogP contribution in [0.25, 0.3) is 11.1 Å². The summed E-state index contributed by atoms with van der Waals surface area (Å²) in [6.45, 7) is 6.84. The number of aromatic nitrogens is 4. The van der Waals surface area contributed by atoms with Gasteiger partial charge >= 0.3 is 5.97 Å². The average Bonchev–Trinajstić information content (AvgIpc) is 3.72. The van der Waals surface area contributed by atoms with E-state index in [0.717, 1.165) is 116 Å². The van der Waals surface area contributed by atoms with Crippen LogP contribution in [0.1, 0.15) is 93.7 Å². The van der Waals surface area contributed by atoms with Gasteiger partial charge in [0.25, 0.3) is 5.91 Å². The molecular formula is C42H50ClN7O5. The highest BCUT2D eigenvalue weighted by Gasteiger charge is 2.34. The molecule has 0 radical (unpaired) electrons. The third-order valence-corrected chi connectivity index (χ3v) is 13.0. The van der Waals surface area contributed by atoms with Crippen molar-refractivity contribution >= 4 is 34.9 Å². The molecule has 8 rings (SSSR count). The van der Waals surface area contributed by atoms with E-state index >= 15 is 0 Å². The molecule has 2 N–H and O–H groups in total. The minimum Gasteiger partial charge on any atom is -0.481 e. The van der Waals surface area contributed by atoms with Gasteiger partial charge in [-0.2, -0.15) is 0 Å². The number of carboxylic acid groups (broad SMARTS) is 1. The number of fused-ring (bicyclic) bond motifs is 2. The predicted molar refractivity (Wildman–Crippen MR) is 209 cm³/mol.